The Morgan fingerprint density at radius 3 is 2.52 bits per heavy atom. The van der Waals surface area contributed by atoms with Gasteiger partial charge in [0.15, 0.2) is 5.78 Å². The molecule has 1 atom stereocenters. The molecule has 6 heteroatoms. The van der Waals surface area contributed by atoms with Crippen molar-refractivity contribution in [1.29, 1.82) is 0 Å². The molecule has 1 aromatic carbocycles. The van der Waals surface area contributed by atoms with Crippen LogP contribution in [0, 0.1) is 0 Å². The van der Waals surface area contributed by atoms with E-state index < -0.39 is 0 Å². The zero-order chi connectivity index (χ0) is 19.4. The average molecular weight is 369 g/mol. The van der Waals surface area contributed by atoms with Gasteiger partial charge in [0.05, 0.1) is 12.1 Å². The van der Waals surface area contributed by atoms with Crippen LogP contribution in [0.3, 0.4) is 0 Å². The molecule has 2 N–H and O–H groups in total. The van der Waals surface area contributed by atoms with Gasteiger partial charge in [-0.3, -0.25) is 14.3 Å². The highest BCUT2D eigenvalue weighted by Crippen LogP contribution is 2.22. The number of carbonyl (C=O) groups is 2. The minimum absolute atomic E-state index is 0.0432. The van der Waals surface area contributed by atoms with Crippen molar-refractivity contribution in [2.24, 2.45) is 0 Å². The molecule has 0 bridgehead atoms. The molecule has 144 valence electrons. The Kier molecular flexibility index (Phi) is 6.06. The molecule has 3 rings (SSSR count). The van der Waals surface area contributed by atoms with E-state index in [1.165, 1.54) is 0 Å². The summed E-state index contributed by atoms with van der Waals surface area (Å²) in [5.41, 5.74) is 1.74. The molecule has 1 saturated carbocycles. The largest absolute Gasteiger partial charge is 0.393 e. The molecule has 0 radical (unpaired) electrons. The highest BCUT2D eigenvalue weighted by atomic mass is 16.3. The van der Waals surface area contributed by atoms with Crippen LogP contribution >= 0.6 is 0 Å². The number of aliphatic hydroxyl groups is 1. The maximum atomic E-state index is 12.9. The van der Waals surface area contributed by atoms with Crippen molar-refractivity contribution in [2.45, 2.75) is 64.1 Å². The zero-order valence-electron chi connectivity index (χ0n) is 15.9. The van der Waals surface area contributed by atoms with Crippen molar-refractivity contribution >= 4 is 11.7 Å². The molecule has 1 aromatic heterocycles. The van der Waals surface area contributed by atoms with E-state index in [0.717, 1.165) is 18.4 Å². The van der Waals surface area contributed by atoms with Gasteiger partial charge in [-0.1, -0.05) is 37.3 Å². The molecule has 27 heavy (non-hydrogen) atoms. The van der Waals surface area contributed by atoms with Crippen LogP contribution in [-0.4, -0.2) is 38.7 Å². The van der Waals surface area contributed by atoms with Crippen molar-refractivity contribution in [3.8, 4) is 0 Å². The molecule has 1 fully saturated rings. The molecule has 1 aliphatic rings. The van der Waals surface area contributed by atoms with E-state index in [4.69, 9.17) is 0 Å². The summed E-state index contributed by atoms with van der Waals surface area (Å²) in [7, 11) is 0. The summed E-state index contributed by atoms with van der Waals surface area (Å²) >= 11 is 0. The predicted octanol–water partition coefficient (Wildman–Crippen LogP) is 3.12. The van der Waals surface area contributed by atoms with Gasteiger partial charge in [-0.25, -0.2) is 0 Å². The average Bonchev–Trinajstić information content (AvgIpc) is 3.15. The van der Waals surface area contributed by atoms with Crippen LogP contribution < -0.4 is 5.32 Å². The molecule has 1 amide bonds. The van der Waals surface area contributed by atoms with E-state index in [0.29, 0.717) is 30.7 Å². The fourth-order valence-electron chi connectivity index (χ4n) is 3.53. The van der Waals surface area contributed by atoms with Gasteiger partial charge in [0.2, 0.25) is 0 Å². The maximum Gasteiger partial charge on any atom is 0.269 e. The van der Waals surface area contributed by atoms with Crippen LogP contribution in [0.2, 0.25) is 0 Å². The van der Waals surface area contributed by atoms with E-state index in [1.54, 1.807) is 17.7 Å². The maximum absolute atomic E-state index is 12.9. The Balaban J connectivity index is 1.87. The third-order valence-corrected chi connectivity index (χ3v) is 5.26. The molecule has 0 unspecified atom stereocenters. The second kappa shape index (κ2) is 8.48. The fourth-order valence-corrected chi connectivity index (χ4v) is 3.53. The lowest BCUT2D eigenvalue weighted by Gasteiger charge is -2.26. The monoisotopic (exact) mass is 369 g/mol. The summed E-state index contributed by atoms with van der Waals surface area (Å²) in [6.45, 7) is 3.76. The SMILES string of the molecule is CCC(=O)c1cc(C(=O)NC2CCC(O)CC2)n([C@H](C)c2ccccc2)n1. The van der Waals surface area contributed by atoms with Crippen LogP contribution in [0.25, 0.3) is 0 Å². The Morgan fingerprint density at radius 2 is 1.89 bits per heavy atom. The first-order chi connectivity index (χ1) is 13.0. The summed E-state index contributed by atoms with van der Waals surface area (Å²) in [6, 6.07) is 11.3. The third-order valence-electron chi connectivity index (χ3n) is 5.26. The fraction of sp³-hybridized carbons (Fsp3) is 0.476. The van der Waals surface area contributed by atoms with Gasteiger partial charge in [-0.15, -0.1) is 0 Å². The van der Waals surface area contributed by atoms with Gasteiger partial charge in [-0.2, -0.15) is 5.10 Å². The lowest BCUT2D eigenvalue weighted by molar-refractivity contribution is 0.0856. The van der Waals surface area contributed by atoms with E-state index in [-0.39, 0.29) is 29.9 Å². The van der Waals surface area contributed by atoms with Crippen LogP contribution in [0.1, 0.15) is 78.5 Å². The Hall–Kier alpha value is -2.47. The standard InChI is InChI=1S/C21H27N3O3/c1-3-20(26)18-13-19(21(27)22-16-9-11-17(25)12-10-16)24(23-18)14(2)15-7-5-4-6-8-15/h4-8,13-14,16-17,25H,3,9-12H2,1-2H3,(H,22,27)/t14-,16?,17?/m1/s1. The number of ketones is 1. The molecule has 0 aliphatic heterocycles. The molecular formula is C21H27N3O3. The Morgan fingerprint density at radius 1 is 1.22 bits per heavy atom. The molecule has 1 heterocycles. The summed E-state index contributed by atoms with van der Waals surface area (Å²) in [5, 5.41) is 17.1. The highest BCUT2D eigenvalue weighted by Gasteiger charge is 2.26. The number of nitrogens with zero attached hydrogens (tertiary/aromatic N) is 2. The number of aromatic nitrogens is 2. The second-order valence-corrected chi connectivity index (χ2v) is 7.20. The lowest BCUT2D eigenvalue weighted by atomic mass is 9.93. The van der Waals surface area contributed by atoms with E-state index in [2.05, 4.69) is 10.4 Å². The second-order valence-electron chi connectivity index (χ2n) is 7.20. The topological polar surface area (TPSA) is 84.2 Å². The first-order valence-electron chi connectivity index (χ1n) is 9.66. The van der Waals surface area contributed by atoms with Gasteiger partial charge in [0.1, 0.15) is 11.4 Å². The number of hydrogen-bond acceptors (Lipinski definition) is 4. The predicted molar refractivity (Wildman–Crippen MR) is 103 cm³/mol. The quantitative estimate of drug-likeness (QED) is 0.766. The summed E-state index contributed by atoms with van der Waals surface area (Å²) in [5.74, 6) is -0.300. The first-order valence-corrected chi connectivity index (χ1v) is 9.66. The summed E-state index contributed by atoms with van der Waals surface area (Å²) < 4.78 is 1.64. The number of amides is 1. The van der Waals surface area contributed by atoms with E-state index >= 15 is 0 Å². The molecule has 1 aliphatic carbocycles. The van der Waals surface area contributed by atoms with Crippen LogP contribution in [0.15, 0.2) is 36.4 Å². The molecule has 0 spiro atoms. The van der Waals surface area contributed by atoms with E-state index in [9.17, 15) is 14.7 Å². The molecule has 6 nitrogen and oxygen atoms in total. The van der Waals surface area contributed by atoms with Crippen LogP contribution in [-0.2, 0) is 0 Å². The van der Waals surface area contributed by atoms with Gasteiger partial charge >= 0.3 is 0 Å². The number of rotatable bonds is 6. The van der Waals surface area contributed by atoms with Gasteiger partial charge in [0, 0.05) is 18.5 Å². The number of benzene rings is 1. The number of nitrogens with one attached hydrogen (secondary N) is 1. The number of carbonyl (C=O) groups excluding carboxylic acids is 2. The Labute approximate surface area is 159 Å². The molecular weight excluding hydrogens is 342 g/mol. The molecule has 0 saturated heterocycles. The van der Waals surface area contributed by atoms with Crippen molar-refractivity contribution in [2.75, 3.05) is 0 Å². The van der Waals surface area contributed by atoms with Crippen molar-refractivity contribution < 1.29 is 14.7 Å². The van der Waals surface area contributed by atoms with Crippen molar-refractivity contribution in [1.82, 2.24) is 15.1 Å². The van der Waals surface area contributed by atoms with Gasteiger partial charge in [-0.05, 0) is 38.2 Å². The van der Waals surface area contributed by atoms with Gasteiger partial charge < -0.3 is 10.4 Å². The zero-order valence-corrected chi connectivity index (χ0v) is 15.9. The minimum atomic E-state index is -0.268. The summed E-state index contributed by atoms with van der Waals surface area (Å²) in [4.78, 5) is 25.1. The lowest BCUT2D eigenvalue weighted by Crippen LogP contribution is -2.39. The normalized spacial score (nSPS) is 20.9. The smallest absolute Gasteiger partial charge is 0.269 e. The number of aliphatic hydroxyl groups excluding tert-OH is 1. The van der Waals surface area contributed by atoms with Crippen molar-refractivity contribution in [3.05, 3.63) is 53.3 Å². The highest BCUT2D eigenvalue weighted by molar-refractivity contribution is 5.98. The molecule has 2 aromatic rings. The van der Waals surface area contributed by atoms with Gasteiger partial charge in [0.25, 0.3) is 5.91 Å². The van der Waals surface area contributed by atoms with Crippen LogP contribution in [0.4, 0.5) is 0 Å². The number of hydrogen-bond donors (Lipinski definition) is 2. The minimum Gasteiger partial charge on any atom is -0.393 e. The summed E-state index contributed by atoms with van der Waals surface area (Å²) in [6.07, 6.45) is 2.99. The van der Waals surface area contributed by atoms with Crippen LogP contribution in [0.5, 0.6) is 0 Å². The third kappa shape index (κ3) is 4.45. The Bertz CT molecular complexity index is 792. The number of Topliss-reactive ketones (excluding diaryl/α,β-unsaturated/α-hetero) is 1. The van der Waals surface area contributed by atoms with E-state index in [1.807, 2.05) is 37.3 Å². The first kappa shape index (κ1) is 19.3. The van der Waals surface area contributed by atoms with Crippen molar-refractivity contribution in [3.63, 3.8) is 0 Å².